The fraction of sp³-hybridized carbons (Fsp3) is 0.320. The minimum Gasteiger partial charge on any atom is -0.481 e. The highest BCUT2D eigenvalue weighted by Gasteiger charge is 2.14. The number of pyridine rings is 1. The molecule has 9 heteroatoms. The lowest BCUT2D eigenvalue weighted by molar-refractivity contribution is 0.0968. The molecule has 0 amide bonds. The number of aromatic nitrogens is 5. The Morgan fingerprint density at radius 1 is 0.882 bits per heavy atom. The molecule has 0 saturated carbocycles. The molecule has 0 unspecified atom stereocenters. The van der Waals surface area contributed by atoms with Crippen molar-refractivity contribution < 1.29 is 18.3 Å². The topological polar surface area (TPSA) is 82.9 Å². The van der Waals surface area contributed by atoms with E-state index in [2.05, 4.69) is 24.9 Å². The number of nitrogens with zero attached hydrogens (tertiary/aromatic N) is 5. The van der Waals surface area contributed by atoms with Crippen LogP contribution >= 0.6 is 0 Å². The van der Waals surface area contributed by atoms with Crippen LogP contribution in [0.1, 0.15) is 30.7 Å². The Labute approximate surface area is 197 Å². The van der Waals surface area contributed by atoms with Crippen LogP contribution < -0.4 is 4.74 Å². The summed E-state index contributed by atoms with van der Waals surface area (Å²) >= 11 is 0. The number of hydrogen-bond acceptors (Lipinski definition) is 7. The van der Waals surface area contributed by atoms with Gasteiger partial charge in [-0.05, 0) is 51.3 Å². The molecule has 0 bridgehead atoms. The van der Waals surface area contributed by atoms with Crippen LogP contribution in [0, 0.1) is 25.5 Å². The lowest BCUT2D eigenvalue weighted by Crippen LogP contribution is -2.03. The summed E-state index contributed by atoms with van der Waals surface area (Å²) in [7, 11) is 1.60. The molecule has 3 aromatic heterocycles. The molecule has 0 spiro atoms. The Morgan fingerprint density at radius 2 is 1.65 bits per heavy atom. The molecule has 34 heavy (non-hydrogen) atoms. The van der Waals surface area contributed by atoms with E-state index in [9.17, 15) is 8.78 Å². The van der Waals surface area contributed by atoms with E-state index in [1.165, 1.54) is 37.7 Å². The van der Waals surface area contributed by atoms with E-state index in [1.54, 1.807) is 26.3 Å². The first-order valence-electron chi connectivity index (χ1n) is 10.9. The number of rotatable bonds is 2. The normalized spacial score (nSPS) is 12.7. The Balaban J connectivity index is 0.000000188. The monoisotopic (exact) mass is 467 g/mol. The van der Waals surface area contributed by atoms with Gasteiger partial charge in [-0.1, -0.05) is 6.07 Å². The van der Waals surface area contributed by atoms with Crippen LogP contribution in [-0.2, 0) is 4.74 Å². The number of benzene rings is 1. The number of fused-ring (bicyclic) bond motifs is 1. The molecule has 1 aliphatic heterocycles. The third kappa shape index (κ3) is 6.95. The fourth-order valence-electron chi connectivity index (χ4n) is 3.08. The lowest BCUT2D eigenvalue weighted by Gasteiger charge is -2.08. The molecule has 0 aliphatic carbocycles. The Hall–Kier alpha value is -3.59. The van der Waals surface area contributed by atoms with Crippen LogP contribution in [0.3, 0.4) is 0 Å². The van der Waals surface area contributed by atoms with Crippen LogP contribution in [0.25, 0.3) is 22.4 Å². The predicted molar refractivity (Wildman–Crippen MR) is 125 cm³/mol. The van der Waals surface area contributed by atoms with Gasteiger partial charge in [0, 0.05) is 37.1 Å². The highest BCUT2D eigenvalue weighted by atomic mass is 19.1. The second-order valence-corrected chi connectivity index (χ2v) is 7.46. The van der Waals surface area contributed by atoms with Crippen molar-refractivity contribution in [2.75, 3.05) is 20.3 Å². The van der Waals surface area contributed by atoms with Gasteiger partial charge < -0.3 is 9.47 Å². The minimum atomic E-state index is -0.690. The number of methoxy groups -OCH3 is 1. The average molecular weight is 468 g/mol. The van der Waals surface area contributed by atoms with Gasteiger partial charge in [0.05, 0.1) is 18.5 Å². The first-order chi connectivity index (χ1) is 16.5. The van der Waals surface area contributed by atoms with Crippen LogP contribution in [0.2, 0.25) is 0 Å². The maximum atomic E-state index is 13.9. The second kappa shape index (κ2) is 12.6. The summed E-state index contributed by atoms with van der Waals surface area (Å²) < 4.78 is 36.8. The standard InChI is InChI=1S/C14H10F2N4.C6H7NO.C5H10O/c1-7-8(2)20-14-13(19-7)12(17-6-18-14)10-4-3-9(15)5-11(10)16;1-8-6-4-2-3-5-7-6;1-2-4-6-5-3-1/h3-6H,1-2H3;2-5H,1H3;1-5H2. The quantitative estimate of drug-likeness (QED) is 0.398. The molecule has 0 radical (unpaired) electrons. The van der Waals surface area contributed by atoms with Gasteiger partial charge in [-0.25, -0.2) is 33.7 Å². The van der Waals surface area contributed by atoms with Gasteiger partial charge in [-0.2, -0.15) is 0 Å². The summed E-state index contributed by atoms with van der Waals surface area (Å²) in [5.74, 6) is -0.666. The molecule has 1 aromatic carbocycles. The largest absolute Gasteiger partial charge is 0.481 e. The van der Waals surface area contributed by atoms with E-state index in [1.807, 2.05) is 19.1 Å². The maximum absolute atomic E-state index is 13.9. The first kappa shape index (κ1) is 25.0. The molecular weight excluding hydrogens is 440 g/mol. The highest BCUT2D eigenvalue weighted by Crippen LogP contribution is 2.26. The highest BCUT2D eigenvalue weighted by molar-refractivity contribution is 5.86. The Bertz CT molecular complexity index is 1190. The molecule has 0 N–H and O–H groups in total. The second-order valence-electron chi connectivity index (χ2n) is 7.46. The maximum Gasteiger partial charge on any atom is 0.212 e. The first-order valence-corrected chi connectivity index (χ1v) is 10.9. The summed E-state index contributed by atoms with van der Waals surface area (Å²) in [5.41, 5.74) is 2.75. The zero-order valence-corrected chi connectivity index (χ0v) is 19.5. The van der Waals surface area contributed by atoms with E-state index in [0.717, 1.165) is 30.7 Å². The fourth-order valence-corrected chi connectivity index (χ4v) is 3.08. The number of hydrogen-bond donors (Lipinski definition) is 0. The van der Waals surface area contributed by atoms with Crippen molar-refractivity contribution in [3.63, 3.8) is 0 Å². The molecule has 5 rings (SSSR count). The average Bonchev–Trinajstić information content (AvgIpc) is 2.87. The third-order valence-corrected chi connectivity index (χ3v) is 4.99. The lowest BCUT2D eigenvalue weighted by atomic mass is 10.1. The Morgan fingerprint density at radius 3 is 2.21 bits per heavy atom. The smallest absolute Gasteiger partial charge is 0.212 e. The van der Waals surface area contributed by atoms with Crippen molar-refractivity contribution >= 4 is 11.2 Å². The molecule has 0 atom stereocenters. The molecule has 4 aromatic rings. The van der Waals surface area contributed by atoms with E-state index in [4.69, 9.17) is 9.47 Å². The molecule has 1 saturated heterocycles. The van der Waals surface area contributed by atoms with Crippen LogP contribution in [0.5, 0.6) is 5.88 Å². The summed E-state index contributed by atoms with van der Waals surface area (Å²) in [6.45, 7) is 5.63. The molecule has 7 nitrogen and oxygen atoms in total. The number of aryl methyl sites for hydroxylation is 2. The summed E-state index contributed by atoms with van der Waals surface area (Å²) in [4.78, 5) is 20.6. The molecular formula is C25H27F2N5O2. The number of halogens is 2. The van der Waals surface area contributed by atoms with Crippen molar-refractivity contribution in [1.29, 1.82) is 0 Å². The SMILES string of the molecule is C1CCOCC1.COc1ccccn1.Cc1nc2ncnc(-c3ccc(F)cc3F)c2nc1C. The zero-order chi connectivity index (χ0) is 24.3. The number of ether oxygens (including phenoxy) is 2. The molecule has 1 fully saturated rings. The minimum absolute atomic E-state index is 0.177. The van der Waals surface area contributed by atoms with Gasteiger partial charge in [0.15, 0.2) is 5.65 Å². The van der Waals surface area contributed by atoms with Gasteiger partial charge >= 0.3 is 0 Å². The summed E-state index contributed by atoms with van der Waals surface area (Å²) in [6.07, 6.45) is 6.92. The summed E-state index contributed by atoms with van der Waals surface area (Å²) in [5, 5.41) is 0. The van der Waals surface area contributed by atoms with E-state index in [0.29, 0.717) is 22.7 Å². The Kier molecular flexibility index (Phi) is 9.28. The van der Waals surface area contributed by atoms with Crippen LogP contribution in [0.15, 0.2) is 48.9 Å². The van der Waals surface area contributed by atoms with Crippen molar-refractivity contribution in [2.45, 2.75) is 33.1 Å². The van der Waals surface area contributed by atoms with E-state index < -0.39 is 11.6 Å². The van der Waals surface area contributed by atoms with Crippen molar-refractivity contribution in [1.82, 2.24) is 24.9 Å². The van der Waals surface area contributed by atoms with Gasteiger partial charge in [-0.3, -0.25) is 0 Å². The molecule has 1 aliphatic rings. The van der Waals surface area contributed by atoms with Gasteiger partial charge in [0.1, 0.15) is 29.2 Å². The zero-order valence-electron chi connectivity index (χ0n) is 19.5. The van der Waals surface area contributed by atoms with Crippen molar-refractivity contribution in [3.05, 3.63) is 71.9 Å². The van der Waals surface area contributed by atoms with Crippen LogP contribution in [-0.4, -0.2) is 45.2 Å². The van der Waals surface area contributed by atoms with Gasteiger partial charge in [0.25, 0.3) is 0 Å². The third-order valence-electron chi connectivity index (χ3n) is 4.99. The van der Waals surface area contributed by atoms with Gasteiger partial charge in [-0.15, -0.1) is 0 Å². The predicted octanol–water partition coefficient (Wildman–Crippen LogP) is 5.26. The van der Waals surface area contributed by atoms with Crippen molar-refractivity contribution in [3.8, 4) is 17.1 Å². The summed E-state index contributed by atoms with van der Waals surface area (Å²) in [6, 6.07) is 8.87. The molecule has 4 heterocycles. The van der Waals surface area contributed by atoms with Gasteiger partial charge in [0.2, 0.25) is 5.88 Å². The van der Waals surface area contributed by atoms with E-state index >= 15 is 0 Å². The molecule has 178 valence electrons. The van der Waals surface area contributed by atoms with Crippen LogP contribution in [0.4, 0.5) is 8.78 Å². The van der Waals surface area contributed by atoms with E-state index in [-0.39, 0.29) is 5.56 Å². The van der Waals surface area contributed by atoms with Crippen molar-refractivity contribution in [2.24, 2.45) is 0 Å².